The van der Waals surface area contributed by atoms with E-state index in [2.05, 4.69) is 25.1 Å². The van der Waals surface area contributed by atoms with Gasteiger partial charge >= 0.3 is 0 Å². The van der Waals surface area contributed by atoms with Crippen LogP contribution in [0.4, 0.5) is 0 Å². The summed E-state index contributed by atoms with van der Waals surface area (Å²) in [6, 6.07) is 1.61. The van der Waals surface area contributed by atoms with Crippen molar-refractivity contribution in [2.24, 2.45) is 0 Å². The summed E-state index contributed by atoms with van der Waals surface area (Å²) in [4.78, 5) is 21.1. The second kappa shape index (κ2) is 5.35. The van der Waals surface area contributed by atoms with Gasteiger partial charge in [0.25, 0.3) is 5.56 Å². The zero-order chi connectivity index (χ0) is 15.1. The minimum Gasteiger partial charge on any atom is -0.311 e. The predicted octanol–water partition coefficient (Wildman–Crippen LogP) is 1.28. The maximum atomic E-state index is 11.6. The number of aryl methyl sites for hydroxylation is 1. The highest BCUT2D eigenvalue weighted by Crippen LogP contribution is 2.41. The Balaban J connectivity index is 1.48. The van der Waals surface area contributed by atoms with Crippen LogP contribution in [-0.4, -0.2) is 38.2 Å². The van der Waals surface area contributed by atoms with Crippen LogP contribution in [0.25, 0.3) is 0 Å². The lowest BCUT2D eigenvalue weighted by atomic mass is 10.1. The molecule has 2 aromatic heterocycles. The Bertz CT molecular complexity index is 743. The van der Waals surface area contributed by atoms with Gasteiger partial charge < -0.3 is 4.98 Å². The van der Waals surface area contributed by atoms with Gasteiger partial charge in [-0.2, -0.15) is 5.10 Å². The fourth-order valence-electron chi connectivity index (χ4n) is 3.36. The van der Waals surface area contributed by atoms with Crippen LogP contribution in [-0.2, 0) is 19.4 Å². The molecule has 3 heterocycles. The number of aromatic amines is 2. The molecular weight excluding hydrogens is 278 g/mol. The number of aromatic nitrogens is 4. The van der Waals surface area contributed by atoms with Crippen molar-refractivity contribution >= 4 is 0 Å². The molecule has 0 amide bonds. The number of nitrogens with zero attached hydrogens (tertiary/aromatic N) is 3. The molecule has 4 rings (SSSR count). The molecule has 0 saturated heterocycles. The summed E-state index contributed by atoms with van der Waals surface area (Å²) in [6.45, 7) is 4.54. The van der Waals surface area contributed by atoms with Crippen LogP contribution >= 0.6 is 0 Å². The van der Waals surface area contributed by atoms with Gasteiger partial charge in [-0.15, -0.1) is 0 Å². The first-order chi connectivity index (χ1) is 10.7. The summed E-state index contributed by atoms with van der Waals surface area (Å²) in [5.74, 6) is 1.38. The number of rotatable bonds is 3. The summed E-state index contributed by atoms with van der Waals surface area (Å²) < 4.78 is 0. The molecule has 6 heteroatoms. The summed E-state index contributed by atoms with van der Waals surface area (Å²) >= 11 is 0. The molecule has 0 bridgehead atoms. The molecule has 116 valence electrons. The van der Waals surface area contributed by atoms with E-state index in [4.69, 9.17) is 0 Å². The molecule has 0 aromatic carbocycles. The molecule has 1 aliphatic heterocycles. The standard InChI is InChI=1S/C16H21N5O/c1-10-17-12(8-15(22)18-10)9-21-6-4-13-14(5-7-21)19-20-16(13)11-2-3-11/h8,11H,2-7,9H2,1H3,(H,19,20)(H,17,18,22). The van der Waals surface area contributed by atoms with E-state index >= 15 is 0 Å². The monoisotopic (exact) mass is 299 g/mol. The van der Waals surface area contributed by atoms with E-state index in [0.29, 0.717) is 11.7 Å². The summed E-state index contributed by atoms with van der Waals surface area (Å²) in [6.07, 6.45) is 4.62. The Morgan fingerprint density at radius 2 is 2.14 bits per heavy atom. The van der Waals surface area contributed by atoms with Gasteiger partial charge in [0.2, 0.25) is 0 Å². The van der Waals surface area contributed by atoms with Gasteiger partial charge in [-0.25, -0.2) is 4.98 Å². The van der Waals surface area contributed by atoms with Crippen LogP contribution in [0.2, 0.25) is 0 Å². The van der Waals surface area contributed by atoms with Gasteiger partial charge in [0.05, 0.1) is 11.4 Å². The van der Waals surface area contributed by atoms with Crippen LogP contribution < -0.4 is 5.56 Å². The number of H-pyrrole nitrogens is 2. The molecule has 2 N–H and O–H groups in total. The lowest BCUT2D eigenvalue weighted by Crippen LogP contribution is -2.27. The largest absolute Gasteiger partial charge is 0.311 e. The van der Waals surface area contributed by atoms with Gasteiger partial charge in [0.1, 0.15) is 5.82 Å². The van der Waals surface area contributed by atoms with E-state index in [1.165, 1.54) is 29.8 Å². The number of fused-ring (bicyclic) bond motifs is 1. The Morgan fingerprint density at radius 3 is 2.91 bits per heavy atom. The molecule has 2 aliphatic rings. The van der Waals surface area contributed by atoms with Crippen LogP contribution in [0.5, 0.6) is 0 Å². The molecule has 22 heavy (non-hydrogen) atoms. The Labute approximate surface area is 129 Å². The highest BCUT2D eigenvalue weighted by atomic mass is 16.1. The van der Waals surface area contributed by atoms with E-state index in [9.17, 15) is 4.79 Å². The van der Waals surface area contributed by atoms with Crippen LogP contribution in [0.3, 0.4) is 0 Å². The van der Waals surface area contributed by atoms with Crippen molar-refractivity contribution in [1.29, 1.82) is 0 Å². The van der Waals surface area contributed by atoms with E-state index in [-0.39, 0.29) is 5.56 Å². The maximum Gasteiger partial charge on any atom is 0.251 e. The molecule has 6 nitrogen and oxygen atoms in total. The SMILES string of the molecule is Cc1nc(CN2CCc3[nH]nc(C4CC4)c3CC2)cc(=O)[nH]1. The van der Waals surface area contributed by atoms with E-state index in [1.807, 2.05) is 6.92 Å². The highest BCUT2D eigenvalue weighted by Gasteiger charge is 2.31. The third-order valence-corrected chi connectivity index (χ3v) is 4.60. The Kier molecular flexibility index (Phi) is 3.33. The van der Waals surface area contributed by atoms with Crippen molar-refractivity contribution in [1.82, 2.24) is 25.1 Å². The predicted molar refractivity (Wildman–Crippen MR) is 82.8 cm³/mol. The minimum atomic E-state index is -0.0669. The van der Waals surface area contributed by atoms with Crippen molar-refractivity contribution in [3.8, 4) is 0 Å². The molecular formula is C16H21N5O. The molecule has 1 aliphatic carbocycles. The van der Waals surface area contributed by atoms with E-state index in [0.717, 1.165) is 38.2 Å². The second-order valence-corrected chi connectivity index (χ2v) is 6.44. The lowest BCUT2D eigenvalue weighted by Gasteiger charge is -2.19. The van der Waals surface area contributed by atoms with E-state index in [1.54, 1.807) is 6.07 Å². The second-order valence-electron chi connectivity index (χ2n) is 6.44. The zero-order valence-electron chi connectivity index (χ0n) is 12.9. The van der Waals surface area contributed by atoms with Crippen molar-refractivity contribution in [2.75, 3.05) is 13.1 Å². The van der Waals surface area contributed by atoms with Crippen molar-refractivity contribution in [3.05, 3.63) is 44.9 Å². The van der Waals surface area contributed by atoms with Gasteiger partial charge in [-0.3, -0.25) is 14.8 Å². The third-order valence-electron chi connectivity index (χ3n) is 4.60. The van der Waals surface area contributed by atoms with Crippen molar-refractivity contribution in [3.63, 3.8) is 0 Å². The fraction of sp³-hybridized carbons (Fsp3) is 0.562. The van der Waals surface area contributed by atoms with Crippen LogP contribution in [0.1, 0.15) is 47.2 Å². The lowest BCUT2D eigenvalue weighted by molar-refractivity contribution is 0.274. The van der Waals surface area contributed by atoms with Gasteiger partial charge in [-0.1, -0.05) is 0 Å². The normalized spacial score (nSPS) is 19.0. The minimum absolute atomic E-state index is 0.0669. The average Bonchev–Trinajstić information content (AvgIpc) is 3.25. The quantitative estimate of drug-likeness (QED) is 0.895. The summed E-state index contributed by atoms with van der Waals surface area (Å²) in [5.41, 5.74) is 4.84. The highest BCUT2D eigenvalue weighted by molar-refractivity contribution is 5.32. The third kappa shape index (κ3) is 2.70. The first-order valence-electron chi connectivity index (χ1n) is 8.04. The number of hydrogen-bond donors (Lipinski definition) is 2. The Morgan fingerprint density at radius 1 is 1.32 bits per heavy atom. The summed E-state index contributed by atoms with van der Waals surface area (Å²) in [7, 11) is 0. The van der Waals surface area contributed by atoms with Crippen LogP contribution in [0, 0.1) is 6.92 Å². The van der Waals surface area contributed by atoms with Gasteiger partial charge in [0.15, 0.2) is 0 Å². The fourth-order valence-corrected chi connectivity index (χ4v) is 3.36. The molecule has 1 saturated carbocycles. The first-order valence-corrected chi connectivity index (χ1v) is 8.04. The van der Waals surface area contributed by atoms with E-state index < -0.39 is 0 Å². The first kappa shape index (κ1) is 13.7. The van der Waals surface area contributed by atoms with Crippen molar-refractivity contribution in [2.45, 2.75) is 45.1 Å². The molecule has 1 fully saturated rings. The van der Waals surface area contributed by atoms with Crippen LogP contribution in [0.15, 0.2) is 10.9 Å². The zero-order valence-corrected chi connectivity index (χ0v) is 12.9. The molecule has 2 aromatic rings. The molecule has 0 spiro atoms. The molecule has 0 atom stereocenters. The van der Waals surface area contributed by atoms with Crippen molar-refractivity contribution < 1.29 is 0 Å². The Hall–Kier alpha value is -1.95. The molecule has 0 unspecified atom stereocenters. The topological polar surface area (TPSA) is 77.7 Å². The van der Waals surface area contributed by atoms with Gasteiger partial charge in [0, 0.05) is 43.7 Å². The number of nitrogens with one attached hydrogen (secondary N) is 2. The molecule has 0 radical (unpaired) electrons. The van der Waals surface area contributed by atoms with Gasteiger partial charge in [-0.05, 0) is 31.7 Å². The maximum absolute atomic E-state index is 11.6. The average molecular weight is 299 g/mol. The number of hydrogen-bond acceptors (Lipinski definition) is 4. The smallest absolute Gasteiger partial charge is 0.251 e. The summed E-state index contributed by atoms with van der Waals surface area (Å²) in [5, 5.41) is 7.78.